The molecule has 10 heavy (non-hydrogen) atoms. The van der Waals surface area contributed by atoms with Gasteiger partial charge in [-0.05, 0) is 6.55 Å². The van der Waals surface area contributed by atoms with Gasteiger partial charge in [-0.25, -0.2) is 0 Å². The lowest BCUT2D eigenvalue weighted by Crippen LogP contribution is -2.11. The van der Waals surface area contributed by atoms with Crippen LogP contribution in [0.3, 0.4) is 0 Å². The predicted octanol–water partition coefficient (Wildman–Crippen LogP) is 3.19. The van der Waals surface area contributed by atoms with E-state index in [1.807, 2.05) is 0 Å². The summed E-state index contributed by atoms with van der Waals surface area (Å²) in [5.74, 6) is 0. The molecule has 0 N–H and O–H groups in total. The molecule has 60 valence electrons. The maximum absolute atomic E-state index is 11.4. The molecule has 0 saturated carbocycles. The Kier molecular flexibility index (Phi) is 3.25. The van der Waals surface area contributed by atoms with Crippen LogP contribution >= 0.6 is 22.2 Å². The maximum Gasteiger partial charge on any atom is 0.409 e. The highest BCUT2D eigenvalue weighted by Crippen LogP contribution is 2.21. The van der Waals surface area contributed by atoms with Gasteiger partial charge >= 0.3 is 6.18 Å². The smallest absolute Gasteiger partial charge is 0.167 e. The van der Waals surface area contributed by atoms with Crippen molar-refractivity contribution in [1.82, 2.24) is 0 Å². The summed E-state index contributed by atoms with van der Waals surface area (Å²) in [5.41, 5.74) is 0.816. The SMILES string of the molecule is C[Si](Cl)(Cl)/C=C/C(F)(F)F. The minimum absolute atomic E-state index is 0.0687. The zero-order valence-electron chi connectivity index (χ0n) is 5.04. The van der Waals surface area contributed by atoms with Crippen molar-refractivity contribution in [2.75, 3.05) is 0 Å². The number of hydrogen-bond donors (Lipinski definition) is 0. The highest BCUT2D eigenvalue weighted by atomic mass is 35.7. The summed E-state index contributed by atoms with van der Waals surface area (Å²) in [6.45, 7) is -1.34. The largest absolute Gasteiger partial charge is 0.409 e. The van der Waals surface area contributed by atoms with E-state index in [1.54, 1.807) is 0 Å². The van der Waals surface area contributed by atoms with Crippen molar-refractivity contribution in [1.29, 1.82) is 0 Å². The van der Waals surface area contributed by atoms with Crippen molar-refractivity contribution in [2.24, 2.45) is 0 Å². The van der Waals surface area contributed by atoms with Crippen LogP contribution in [0.15, 0.2) is 11.8 Å². The summed E-state index contributed by atoms with van der Waals surface area (Å²) in [4.78, 5) is 0. The molecule has 0 spiro atoms. The second-order valence-corrected chi connectivity index (χ2v) is 9.37. The molecule has 0 aliphatic rings. The molecule has 6 heteroatoms. The van der Waals surface area contributed by atoms with Crippen LogP contribution in [-0.2, 0) is 0 Å². The minimum Gasteiger partial charge on any atom is -0.167 e. The first kappa shape index (κ1) is 10.3. The van der Waals surface area contributed by atoms with E-state index in [0.717, 1.165) is 5.70 Å². The van der Waals surface area contributed by atoms with E-state index in [4.69, 9.17) is 22.2 Å². The quantitative estimate of drug-likeness (QED) is 0.459. The van der Waals surface area contributed by atoms with Gasteiger partial charge in [-0.3, -0.25) is 0 Å². The van der Waals surface area contributed by atoms with Crippen LogP contribution in [0, 0.1) is 0 Å². The first-order valence-electron chi connectivity index (χ1n) is 2.36. The zero-order chi connectivity index (χ0) is 8.41. The lowest BCUT2D eigenvalue weighted by atomic mass is 10.6. The molecule has 0 atom stereocenters. The number of rotatable bonds is 1. The van der Waals surface area contributed by atoms with Crippen LogP contribution in [0.5, 0.6) is 0 Å². The summed E-state index contributed by atoms with van der Waals surface area (Å²) in [6, 6.07) is 0. The van der Waals surface area contributed by atoms with Gasteiger partial charge in [-0.1, -0.05) is 5.70 Å². The molecule has 0 saturated heterocycles. The van der Waals surface area contributed by atoms with Gasteiger partial charge < -0.3 is 0 Å². The zero-order valence-corrected chi connectivity index (χ0v) is 7.56. The molecule has 0 bridgehead atoms. The Morgan fingerprint density at radius 1 is 1.30 bits per heavy atom. The fourth-order valence-electron chi connectivity index (χ4n) is 0.241. The fraction of sp³-hybridized carbons (Fsp3) is 0.500. The molecule has 0 unspecified atom stereocenters. The van der Waals surface area contributed by atoms with Crippen LogP contribution in [-0.4, -0.2) is 12.9 Å². The molecule has 0 aromatic carbocycles. The lowest BCUT2D eigenvalue weighted by Gasteiger charge is -2.03. The van der Waals surface area contributed by atoms with Crippen molar-refractivity contribution in [3.05, 3.63) is 11.8 Å². The molecule has 0 aliphatic carbocycles. The molecule has 0 rings (SSSR count). The summed E-state index contributed by atoms with van der Waals surface area (Å²) in [6.07, 6.45) is -4.24. The van der Waals surface area contributed by atoms with E-state index in [0.29, 0.717) is 0 Å². The van der Waals surface area contributed by atoms with Gasteiger partial charge in [0.25, 0.3) is 6.69 Å². The van der Waals surface area contributed by atoms with Crippen LogP contribution in [0.4, 0.5) is 13.2 Å². The molecule has 0 amide bonds. The molecular weight excluding hydrogens is 204 g/mol. The monoisotopic (exact) mass is 208 g/mol. The third kappa shape index (κ3) is 8.33. The first-order valence-corrected chi connectivity index (χ1v) is 6.96. The van der Waals surface area contributed by atoms with E-state index in [2.05, 4.69) is 0 Å². The van der Waals surface area contributed by atoms with E-state index >= 15 is 0 Å². The number of alkyl halides is 3. The molecule has 0 nitrogen and oxygen atoms in total. The average Bonchev–Trinajstić information content (AvgIpc) is 1.57. The second-order valence-electron chi connectivity index (χ2n) is 1.83. The summed E-state index contributed by atoms with van der Waals surface area (Å²) in [5, 5.41) is 0. The first-order chi connectivity index (χ1) is 4.21. The summed E-state index contributed by atoms with van der Waals surface area (Å²) in [7, 11) is 0. The van der Waals surface area contributed by atoms with Crippen molar-refractivity contribution in [2.45, 2.75) is 12.7 Å². The normalized spacial score (nSPS) is 14.6. The topological polar surface area (TPSA) is 0 Å². The van der Waals surface area contributed by atoms with Gasteiger partial charge in [0.05, 0.1) is 0 Å². The van der Waals surface area contributed by atoms with Crippen LogP contribution in [0.25, 0.3) is 0 Å². The molecule has 0 aliphatic heterocycles. The Labute approximate surface area is 67.0 Å². The Balaban J connectivity index is 4.01. The Bertz CT molecular complexity index is 118. The summed E-state index contributed by atoms with van der Waals surface area (Å²) < 4.78 is 34.2. The molecular formula is C4H5Cl2F3Si. The van der Waals surface area contributed by atoms with E-state index in [1.165, 1.54) is 6.55 Å². The maximum atomic E-state index is 11.4. The van der Waals surface area contributed by atoms with Gasteiger partial charge in [0.2, 0.25) is 0 Å². The molecule has 0 aromatic heterocycles. The van der Waals surface area contributed by atoms with Crippen LogP contribution < -0.4 is 0 Å². The van der Waals surface area contributed by atoms with Gasteiger partial charge in [-0.15, -0.1) is 22.2 Å². The van der Waals surface area contributed by atoms with Gasteiger partial charge in [0.1, 0.15) is 0 Å². The Hall–Kier alpha value is 0.327. The predicted molar refractivity (Wildman–Crippen MR) is 38.5 cm³/mol. The third-order valence-electron chi connectivity index (χ3n) is 0.565. The van der Waals surface area contributed by atoms with E-state index in [-0.39, 0.29) is 6.08 Å². The number of halogens is 5. The standard InChI is InChI=1S/C4H5Cl2F3Si/c1-10(5,6)3-2-4(7,8)9/h2-3H,1H3/b3-2+. The molecule has 0 heterocycles. The Morgan fingerprint density at radius 3 is 1.80 bits per heavy atom. The van der Waals surface area contributed by atoms with Crippen molar-refractivity contribution in [3.8, 4) is 0 Å². The second kappa shape index (κ2) is 3.15. The van der Waals surface area contributed by atoms with E-state index < -0.39 is 12.9 Å². The highest BCUT2D eigenvalue weighted by molar-refractivity contribution is 7.47. The van der Waals surface area contributed by atoms with Crippen LogP contribution in [0.2, 0.25) is 6.55 Å². The third-order valence-corrected chi connectivity index (χ3v) is 2.07. The molecule has 0 aromatic rings. The highest BCUT2D eigenvalue weighted by Gasteiger charge is 2.25. The van der Waals surface area contributed by atoms with Crippen molar-refractivity contribution in [3.63, 3.8) is 0 Å². The minimum atomic E-state index is -4.31. The van der Waals surface area contributed by atoms with Gasteiger partial charge in [0.15, 0.2) is 0 Å². The Morgan fingerprint density at radius 2 is 1.70 bits per heavy atom. The fourth-order valence-corrected chi connectivity index (χ4v) is 1.10. The summed E-state index contributed by atoms with van der Waals surface area (Å²) >= 11 is 10.7. The average molecular weight is 209 g/mol. The molecule has 0 radical (unpaired) electrons. The van der Waals surface area contributed by atoms with Gasteiger partial charge in [0, 0.05) is 6.08 Å². The number of allylic oxidation sites excluding steroid dienone is 1. The van der Waals surface area contributed by atoms with Crippen LogP contribution in [0.1, 0.15) is 0 Å². The molecule has 0 fully saturated rings. The number of hydrogen-bond acceptors (Lipinski definition) is 0. The van der Waals surface area contributed by atoms with Crippen molar-refractivity contribution < 1.29 is 13.2 Å². The van der Waals surface area contributed by atoms with E-state index in [9.17, 15) is 13.2 Å². The lowest BCUT2D eigenvalue weighted by molar-refractivity contribution is -0.0797. The van der Waals surface area contributed by atoms with Gasteiger partial charge in [-0.2, -0.15) is 13.2 Å². The van der Waals surface area contributed by atoms with Crippen molar-refractivity contribution >= 4 is 28.9 Å².